The van der Waals surface area contributed by atoms with Crippen LogP contribution in [0.4, 0.5) is 0 Å². The van der Waals surface area contributed by atoms with E-state index in [1.807, 2.05) is 6.07 Å². The molecule has 1 heterocycles. The Morgan fingerprint density at radius 1 is 0.944 bits per heavy atom. The highest BCUT2D eigenvalue weighted by atomic mass is 32.2. The lowest BCUT2D eigenvalue weighted by molar-refractivity contribution is 0.959. The second kappa shape index (κ2) is 5.27. The number of aliphatic imine (C=N–C) groups is 1. The third kappa shape index (κ3) is 2.41. The molecule has 0 spiro atoms. The van der Waals surface area contributed by atoms with Gasteiger partial charge in [0.15, 0.2) is 0 Å². The minimum Gasteiger partial charge on any atom is -0.368 e. The van der Waals surface area contributed by atoms with E-state index in [9.17, 15) is 0 Å². The molecule has 3 rings (SSSR count). The molecule has 0 amide bonds. The highest BCUT2D eigenvalue weighted by Gasteiger charge is 2.12. The van der Waals surface area contributed by atoms with Crippen LogP contribution in [0.25, 0.3) is 0 Å². The predicted octanol–water partition coefficient (Wildman–Crippen LogP) is 3.19. The van der Waals surface area contributed by atoms with Crippen LogP contribution in [0.3, 0.4) is 0 Å². The van der Waals surface area contributed by atoms with E-state index in [1.54, 1.807) is 11.8 Å². The summed E-state index contributed by atoms with van der Waals surface area (Å²) in [6, 6.07) is 18.8. The maximum atomic E-state index is 4.50. The molecule has 0 fully saturated rings. The Balaban J connectivity index is 1.92. The summed E-state index contributed by atoms with van der Waals surface area (Å²) in [5, 5.41) is 3.34. The molecule has 18 heavy (non-hydrogen) atoms. The van der Waals surface area contributed by atoms with E-state index < -0.39 is 0 Å². The first-order valence-electron chi connectivity index (χ1n) is 6.04. The van der Waals surface area contributed by atoms with E-state index in [2.05, 4.69) is 58.8 Å². The summed E-state index contributed by atoms with van der Waals surface area (Å²) in [4.78, 5) is 7.00. The number of hydrogen-bond acceptors (Lipinski definition) is 3. The third-order valence-corrected chi connectivity index (χ3v) is 3.87. The summed E-state index contributed by atoms with van der Waals surface area (Å²) in [5.41, 5.74) is 1.20. The second-order valence-electron chi connectivity index (χ2n) is 4.07. The number of rotatable bonds is 3. The number of benzene rings is 2. The lowest BCUT2D eigenvalue weighted by Gasteiger charge is -2.09. The molecular formula is C15H14N2S. The van der Waals surface area contributed by atoms with E-state index in [4.69, 9.17) is 0 Å². The van der Waals surface area contributed by atoms with Gasteiger partial charge in [-0.2, -0.15) is 0 Å². The van der Waals surface area contributed by atoms with Crippen molar-refractivity contribution in [1.82, 2.24) is 5.32 Å². The fourth-order valence-corrected chi connectivity index (χ4v) is 2.91. The molecule has 0 unspecified atom stereocenters. The van der Waals surface area contributed by atoms with Gasteiger partial charge in [0.2, 0.25) is 0 Å². The van der Waals surface area contributed by atoms with E-state index in [1.165, 1.54) is 15.4 Å². The van der Waals surface area contributed by atoms with Gasteiger partial charge < -0.3 is 5.32 Å². The normalized spacial score (nSPS) is 14.1. The molecule has 90 valence electrons. The number of nitrogens with zero attached hydrogens (tertiary/aromatic N) is 1. The molecule has 0 saturated carbocycles. The van der Waals surface area contributed by atoms with E-state index >= 15 is 0 Å². The van der Waals surface area contributed by atoms with Gasteiger partial charge in [0, 0.05) is 21.9 Å². The predicted molar refractivity (Wildman–Crippen MR) is 76.4 cm³/mol. The standard InChI is InChI=1S/C15H14N2S/c1-2-6-12(7-3-1)18-14-9-5-4-8-13(14)15-16-10-11-17-15/h1-9H,10-11H2,(H,16,17). The van der Waals surface area contributed by atoms with Crippen LogP contribution >= 0.6 is 11.8 Å². The van der Waals surface area contributed by atoms with Crippen LogP contribution in [0.1, 0.15) is 5.56 Å². The summed E-state index contributed by atoms with van der Waals surface area (Å²) in [6.45, 7) is 1.82. The van der Waals surface area contributed by atoms with Gasteiger partial charge in [-0.15, -0.1) is 0 Å². The van der Waals surface area contributed by atoms with Gasteiger partial charge in [-0.05, 0) is 18.2 Å². The van der Waals surface area contributed by atoms with Gasteiger partial charge in [0.05, 0.1) is 6.54 Å². The monoisotopic (exact) mass is 254 g/mol. The lowest BCUT2D eigenvalue weighted by atomic mass is 10.2. The highest BCUT2D eigenvalue weighted by molar-refractivity contribution is 7.99. The number of amidine groups is 1. The van der Waals surface area contributed by atoms with Crippen molar-refractivity contribution in [3.63, 3.8) is 0 Å². The van der Waals surface area contributed by atoms with Crippen molar-refractivity contribution in [1.29, 1.82) is 0 Å². The first-order valence-corrected chi connectivity index (χ1v) is 6.86. The fourth-order valence-electron chi connectivity index (χ4n) is 1.95. The number of hydrogen-bond donors (Lipinski definition) is 1. The first kappa shape index (κ1) is 11.4. The average molecular weight is 254 g/mol. The summed E-state index contributed by atoms with van der Waals surface area (Å²) in [5.74, 6) is 1.02. The van der Waals surface area contributed by atoms with Crippen molar-refractivity contribution < 1.29 is 0 Å². The minimum absolute atomic E-state index is 0.875. The van der Waals surface area contributed by atoms with Crippen molar-refractivity contribution in [2.24, 2.45) is 4.99 Å². The maximum Gasteiger partial charge on any atom is 0.129 e. The third-order valence-electron chi connectivity index (χ3n) is 2.79. The Bertz CT molecular complexity index is 564. The Hall–Kier alpha value is -1.74. The summed E-state index contributed by atoms with van der Waals surface area (Å²) < 4.78 is 0. The van der Waals surface area contributed by atoms with Gasteiger partial charge in [-0.25, -0.2) is 0 Å². The molecule has 2 nitrogen and oxygen atoms in total. The minimum atomic E-state index is 0.875. The van der Waals surface area contributed by atoms with Crippen molar-refractivity contribution in [2.45, 2.75) is 9.79 Å². The molecule has 2 aromatic rings. The van der Waals surface area contributed by atoms with Crippen LogP contribution in [0.15, 0.2) is 69.4 Å². The molecule has 1 aliphatic rings. The Kier molecular flexibility index (Phi) is 3.33. The zero-order valence-electron chi connectivity index (χ0n) is 9.97. The van der Waals surface area contributed by atoms with E-state index in [0.717, 1.165) is 18.9 Å². The van der Waals surface area contributed by atoms with Crippen LogP contribution in [0.5, 0.6) is 0 Å². The molecule has 0 saturated heterocycles. The molecule has 3 heteroatoms. The largest absolute Gasteiger partial charge is 0.368 e. The van der Waals surface area contributed by atoms with E-state index in [0.29, 0.717) is 0 Å². The first-order chi connectivity index (χ1) is 8.93. The zero-order valence-corrected chi connectivity index (χ0v) is 10.8. The molecule has 1 aliphatic heterocycles. The Morgan fingerprint density at radius 2 is 1.72 bits per heavy atom. The maximum absolute atomic E-state index is 4.50. The average Bonchev–Trinajstić information content (AvgIpc) is 2.94. The van der Waals surface area contributed by atoms with Crippen molar-refractivity contribution >= 4 is 17.6 Å². The number of nitrogens with one attached hydrogen (secondary N) is 1. The van der Waals surface area contributed by atoms with Crippen LogP contribution < -0.4 is 5.32 Å². The quantitative estimate of drug-likeness (QED) is 0.909. The molecule has 2 aromatic carbocycles. The van der Waals surface area contributed by atoms with Crippen LogP contribution in [-0.2, 0) is 0 Å². The topological polar surface area (TPSA) is 24.4 Å². The Morgan fingerprint density at radius 3 is 2.50 bits per heavy atom. The van der Waals surface area contributed by atoms with Crippen molar-refractivity contribution in [3.05, 3.63) is 60.2 Å². The van der Waals surface area contributed by atoms with Gasteiger partial charge in [0.25, 0.3) is 0 Å². The molecular weight excluding hydrogens is 240 g/mol. The molecule has 0 aliphatic carbocycles. The Labute approximate surface area is 111 Å². The smallest absolute Gasteiger partial charge is 0.129 e. The molecule has 0 radical (unpaired) electrons. The summed E-state index contributed by atoms with van der Waals surface area (Å²) >= 11 is 1.78. The van der Waals surface area contributed by atoms with Crippen molar-refractivity contribution in [2.75, 3.05) is 13.1 Å². The fraction of sp³-hybridized carbons (Fsp3) is 0.133. The van der Waals surface area contributed by atoms with E-state index in [-0.39, 0.29) is 0 Å². The van der Waals surface area contributed by atoms with Gasteiger partial charge >= 0.3 is 0 Å². The summed E-state index contributed by atoms with van der Waals surface area (Å²) in [6.07, 6.45) is 0. The SMILES string of the molecule is c1ccc(Sc2ccccc2C2=NCCN2)cc1. The van der Waals surface area contributed by atoms with Crippen molar-refractivity contribution in [3.8, 4) is 0 Å². The van der Waals surface area contributed by atoms with Crippen LogP contribution in [-0.4, -0.2) is 18.9 Å². The molecule has 0 aromatic heterocycles. The molecule has 1 N–H and O–H groups in total. The second-order valence-corrected chi connectivity index (χ2v) is 5.18. The highest BCUT2D eigenvalue weighted by Crippen LogP contribution is 2.30. The molecule has 0 atom stereocenters. The molecule has 0 bridgehead atoms. The van der Waals surface area contributed by atoms with Gasteiger partial charge in [-0.3, -0.25) is 4.99 Å². The van der Waals surface area contributed by atoms with Crippen LogP contribution in [0, 0.1) is 0 Å². The zero-order chi connectivity index (χ0) is 12.2. The lowest BCUT2D eigenvalue weighted by Crippen LogP contribution is -2.20. The van der Waals surface area contributed by atoms with Gasteiger partial charge in [0.1, 0.15) is 5.84 Å². The summed E-state index contributed by atoms with van der Waals surface area (Å²) in [7, 11) is 0. The van der Waals surface area contributed by atoms with Gasteiger partial charge in [-0.1, -0.05) is 48.2 Å². The van der Waals surface area contributed by atoms with Crippen LogP contribution in [0.2, 0.25) is 0 Å².